The van der Waals surface area contributed by atoms with Crippen molar-refractivity contribution in [3.8, 4) is 41.4 Å². The number of phenolic OH excluding ortho intramolecular Hbond substituents is 1. The number of anilines is 1. The van der Waals surface area contributed by atoms with E-state index in [1.807, 2.05) is 23.1 Å². The van der Waals surface area contributed by atoms with Gasteiger partial charge in [-0.15, -0.1) is 6.42 Å². The molecule has 4 heterocycles. The smallest absolute Gasteiger partial charge is 0.319 e. The second-order valence-corrected chi connectivity index (χ2v) is 14.3. The van der Waals surface area contributed by atoms with Crippen LogP contribution in [0.2, 0.25) is 0 Å². The topological polar surface area (TPSA) is 148 Å². The molecule has 2 amide bonds. The predicted molar refractivity (Wildman–Crippen MR) is 231 cm³/mol. The van der Waals surface area contributed by atoms with Crippen LogP contribution >= 0.6 is 0 Å². The average Bonchev–Trinajstić information content (AvgIpc) is 3.62. The molecule has 14 heteroatoms. The minimum atomic E-state index is -0.775. The predicted octanol–water partition coefficient (Wildman–Crippen LogP) is 7.18. The number of likely N-dealkylation sites (tertiary alicyclic amines) is 1. The van der Waals surface area contributed by atoms with Crippen LogP contribution < -0.4 is 15.0 Å². The lowest BCUT2D eigenvalue weighted by molar-refractivity contribution is -0.118. The molecule has 0 saturated carbocycles. The van der Waals surface area contributed by atoms with Crippen LogP contribution in [0.5, 0.6) is 11.8 Å². The Kier molecular flexibility index (Phi) is 16.8. The Balaban J connectivity index is 0.000000419. The number of aryl methyl sites for hydroxylation is 1. The van der Waals surface area contributed by atoms with Gasteiger partial charge in [0.15, 0.2) is 5.82 Å². The molecule has 7 rings (SSSR count). The summed E-state index contributed by atoms with van der Waals surface area (Å²) in [4.78, 5) is 41.0. The second kappa shape index (κ2) is 21.9. The Labute approximate surface area is 350 Å². The Morgan fingerprint density at radius 3 is 2.35 bits per heavy atom. The summed E-state index contributed by atoms with van der Waals surface area (Å²) in [7, 11) is 3.65. The van der Waals surface area contributed by atoms with E-state index < -0.39 is 11.6 Å². The van der Waals surface area contributed by atoms with Gasteiger partial charge in [-0.25, -0.2) is 8.78 Å². The van der Waals surface area contributed by atoms with E-state index in [0.29, 0.717) is 49.4 Å². The first-order valence-electron chi connectivity index (χ1n) is 19.6. The van der Waals surface area contributed by atoms with Crippen LogP contribution in [0.1, 0.15) is 50.7 Å². The van der Waals surface area contributed by atoms with Gasteiger partial charge in [0.1, 0.15) is 35.2 Å². The number of nitriles is 1. The van der Waals surface area contributed by atoms with Gasteiger partial charge in [-0.3, -0.25) is 19.5 Å². The summed E-state index contributed by atoms with van der Waals surface area (Å²) in [6.45, 7) is 12.1. The maximum Gasteiger partial charge on any atom is 0.319 e. The van der Waals surface area contributed by atoms with Gasteiger partial charge >= 0.3 is 6.01 Å². The van der Waals surface area contributed by atoms with Gasteiger partial charge in [0.05, 0.1) is 22.6 Å². The molecule has 0 spiro atoms. The number of carbonyl (C=O) groups is 2. The summed E-state index contributed by atoms with van der Waals surface area (Å²) in [5.41, 5.74) is 1.08. The van der Waals surface area contributed by atoms with Crippen LogP contribution in [0.3, 0.4) is 0 Å². The molecule has 1 unspecified atom stereocenters. The number of nitrogens with zero attached hydrogens (tertiary/aromatic N) is 7. The summed E-state index contributed by atoms with van der Waals surface area (Å²) in [6.07, 6.45) is 13.1. The number of aromatic nitrogens is 3. The molecule has 0 bridgehead atoms. The highest BCUT2D eigenvalue weighted by Gasteiger charge is 2.39. The van der Waals surface area contributed by atoms with E-state index in [-0.39, 0.29) is 50.9 Å². The largest absolute Gasteiger partial charge is 0.508 e. The van der Waals surface area contributed by atoms with Gasteiger partial charge in [0.2, 0.25) is 12.3 Å². The number of hydrogen-bond donors (Lipinski definition) is 2. The van der Waals surface area contributed by atoms with Crippen molar-refractivity contribution in [1.29, 1.82) is 5.26 Å². The van der Waals surface area contributed by atoms with Crippen molar-refractivity contribution in [3.63, 3.8) is 0 Å². The lowest BCUT2D eigenvalue weighted by atomic mass is 9.92. The van der Waals surface area contributed by atoms with Crippen molar-refractivity contribution in [3.05, 3.63) is 96.2 Å². The van der Waals surface area contributed by atoms with Crippen LogP contribution in [0.25, 0.3) is 32.9 Å². The lowest BCUT2D eigenvalue weighted by Gasteiger charge is -2.36. The average molecular weight is 819 g/mol. The lowest BCUT2D eigenvalue weighted by Crippen LogP contribution is -2.47. The SMILES string of the molecule is C#Cc1c(F)ccc2cc(O)cc(-c3ncc4c(N5CCN(C=O)CC5)nc(OCC5(CCC)CCCN5C)nc4c3F)c12.C=CC(=O)NC.CC#N.Cc1ccccc1. The molecule has 5 aromatic rings. The van der Waals surface area contributed by atoms with Crippen molar-refractivity contribution in [1.82, 2.24) is 30.1 Å². The van der Waals surface area contributed by atoms with Gasteiger partial charge in [-0.2, -0.15) is 15.2 Å². The number of pyridine rings is 1. The van der Waals surface area contributed by atoms with Gasteiger partial charge < -0.3 is 25.0 Å². The van der Waals surface area contributed by atoms with E-state index in [4.69, 9.17) is 21.4 Å². The Hall–Kier alpha value is -6.64. The normalized spacial score (nSPS) is 15.8. The second-order valence-electron chi connectivity index (χ2n) is 14.3. The van der Waals surface area contributed by atoms with Crippen molar-refractivity contribution >= 4 is 39.8 Å². The third kappa shape index (κ3) is 11.1. The van der Waals surface area contributed by atoms with Crippen LogP contribution in [-0.2, 0) is 9.59 Å². The molecule has 3 aromatic carbocycles. The minimum Gasteiger partial charge on any atom is -0.508 e. The molecular weight excluding hydrogens is 767 g/mol. The number of likely N-dealkylation sites (N-methyl/N-ethyl adjacent to an activating group) is 2. The molecule has 314 valence electrons. The molecular formula is C46H52F2N8O4. The third-order valence-electron chi connectivity index (χ3n) is 10.4. The highest BCUT2D eigenvalue weighted by Crippen LogP contribution is 2.39. The van der Waals surface area contributed by atoms with Crippen molar-refractivity contribution in [2.75, 3.05) is 58.3 Å². The fraction of sp³-hybridized carbons (Fsp3) is 0.348. The van der Waals surface area contributed by atoms with E-state index in [1.54, 1.807) is 18.0 Å². The zero-order chi connectivity index (χ0) is 43.8. The Morgan fingerprint density at radius 2 is 1.82 bits per heavy atom. The summed E-state index contributed by atoms with van der Waals surface area (Å²) in [6, 6.07) is 17.5. The zero-order valence-electron chi connectivity index (χ0n) is 34.8. The molecule has 12 nitrogen and oxygen atoms in total. The van der Waals surface area contributed by atoms with Crippen LogP contribution in [0, 0.1) is 42.2 Å². The van der Waals surface area contributed by atoms with Crippen molar-refractivity contribution in [2.45, 2.75) is 52.0 Å². The first kappa shape index (κ1) is 46.1. The fourth-order valence-corrected chi connectivity index (χ4v) is 7.25. The Morgan fingerprint density at radius 1 is 1.12 bits per heavy atom. The van der Waals surface area contributed by atoms with Crippen LogP contribution in [0.15, 0.2) is 73.4 Å². The van der Waals surface area contributed by atoms with Crippen molar-refractivity contribution in [2.24, 2.45) is 0 Å². The standard InChI is InChI=1S/C33H34F2N6O3.C7H8.C4H7NO.C2H3N/c1-4-9-33(10-6-11-39(33)3)19-44-32-37-30-25(31(38-32)41-14-12-40(20-42)13-15-41)18-36-29(28(30)35)24-17-22(43)16-21-7-8-26(34)23(5-2)27(21)24;1-7-5-3-2-4-6-7;1-3-4(6)5-2;1-2-3/h2,7-8,16-18,20,43H,4,6,9-15,19H2,1,3H3;2-6H,1H3;3H,1H2,2H3,(H,5,6);1H3. The molecule has 2 aliphatic rings. The number of piperazine rings is 1. The Bertz CT molecular complexity index is 2360. The van der Waals surface area contributed by atoms with Crippen molar-refractivity contribution < 1.29 is 28.2 Å². The highest BCUT2D eigenvalue weighted by atomic mass is 19.1. The number of carbonyl (C=O) groups excluding carboxylic acids is 2. The first-order chi connectivity index (χ1) is 28.9. The van der Waals surface area contributed by atoms with Gasteiger partial charge in [-0.05, 0) is 69.4 Å². The van der Waals surface area contributed by atoms with Crippen LogP contribution in [-0.4, -0.2) is 101 Å². The molecule has 2 fully saturated rings. The maximum atomic E-state index is 16.7. The van der Waals surface area contributed by atoms with E-state index >= 15 is 4.39 Å². The zero-order valence-corrected chi connectivity index (χ0v) is 34.8. The number of halogens is 2. The van der Waals surface area contributed by atoms with E-state index in [9.17, 15) is 19.1 Å². The molecule has 2 aromatic heterocycles. The third-order valence-corrected chi connectivity index (χ3v) is 10.4. The minimum absolute atomic E-state index is 0.0210. The number of phenols is 1. The number of hydrogen-bond acceptors (Lipinski definition) is 10. The number of aromatic hydroxyl groups is 1. The number of rotatable bonds is 9. The number of fused-ring (bicyclic) bond motifs is 2. The first-order valence-corrected chi connectivity index (χ1v) is 19.6. The molecule has 2 saturated heterocycles. The van der Waals surface area contributed by atoms with E-state index in [1.165, 1.54) is 49.0 Å². The molecule has 0 radical (unpaired) electrons. The molecule has 2 aliphatic heterocycles. The molecule has 60 heavy (non-hydrogen) atoms. The van der Waals surface area contributed by atoms with Gasteiger partial charge in [-0.1, -0.05) is 67.8 Å². The van der Waals surface area contributed by atoms with E-state index in [0.717, 1.165) is 38.6 Å². The highest BCUT2D eigenvalue weighted by molar-refractivity contribution is 6.03. The number of benzene rings is 3. The summed E-state index contributed by atoms with van der Waals surface area (Å²) in [5, 5.41) is 21.2. The monoisotopic (exact) mass is 818 g/mol. The molecule has 1 atom stereocenters. The van der Waals surface area contributed by atoms with Crippen LogP contribution in [0.4, 0.5) is 14.6 Å². The summed E-state index contributed by atoms with van der Waals surface area (Å²) in [5.74, 6) is 1.11. The fourth-order valence-electron chi connectivity index (χ4n) is 7.25. The van der Waals surface area contributed by atoms with Gasteiger partial charge in [0.25, 0.3) is 0 Å². The number of ether oxygens (including phenoxy) is 1. The van der Waals surface area contributed by atoms with E-state index in [2.05, 4.69) is 65.7 Å². The number of amides is 2. The quantitative estimate of drug-likeness (QED) is 0.0891. The van der Waals surface area contributed by atoms with Gasteiger partial charge in [0, 0.05) is 57.3 Å². The summed E-state index contributed by atoms with van der Waals surface area (Å²) >= 11 is 0. The summed E-state index contributed by atoms with van der Waals surface area (Å²) < 4.78 is 37.7. The molecule has 0 aliphatic carbocycles. The number of terminal acetylenes is 1. The number of nitrogens with one attached hydrogen (secondary N) is 1. The maximum absolute atomic E-state index is 16.7. The molecule has 2 N–H and O–H groups in total.